The molecule has 0 saturated heterocycles. The number of nitrogens with one attached hydrogen (secondary N) is 1. The highest BCUT2D eigenvalue weighted by molar-refractivity contribution is 8.00. The summed E-state index contributed by atoms with van der Waals surface area (Å²) >= 11 is 7.22. The molecule has 0 fully saturated rings. The molecule has 2 aromatic rings. The quantitative estimate of drug-likeness (QED) is 0.676. The van der Waals surface area contributed by atoms with Gasteiger partial charge in [-0.1, -0.05) is 23.4 Å². The van der Waals surface area contributed by atoms with Crippen LogP contribution in [0.1, 0.15) is 6.92 Å². The summed E-state index contributed by atoms with van der Waals surface area (Å²) in [7, 11) is 1.54. The summed E-state index contributed by atoms with van der Waals surface area (Å²) in [4.78, 5) is 20.4. The number of aromatic nitrogens is 2. The van der Waals surface area contributed by atoms with Crippen LogP contribution in [0.3, 0.4) is 0 Å². The van der Waals surface area contributed by atoms with Crippen molar-refractivity contribution in [3.05, 3.63) is 41.7 Å². The van der Waals surface area contributed by atoms with Gasteiger partial charge in [0, 0.05) is 17.4 Å². The number of ether oxygens (including phenoxy) is 1. The van der Waals surface area contributed by atoms with Gasteiger partial charge in [-0.3, -0.25) is 4.79 Å². The third-order valence-electron chi connectivity index (χ3n) is 2.61. The van der Waals surface area contributed by atoms with Crippen LogP contribution in [-0.4, -0.2) is 28.2 Å². The molecule has 5 nitrogen and oxygen atoms in total. The number of thioether (sulfide) groups is 1. The van der Waals surface area contributed by atoms with E-state index in [1.807, 2.05) is 0 Å². The molecule has 0 radical (unpaired) electrons. The Morgan fingerprint density at radius 2 is 2.10 bits per heavy atom. The molecule has 110 valence electrons. The number of benzene rings is 1. The molecule has 2 rings (SSSR count). The lowest BCUT2D eigenvalue weighted by molar-refractivity contribution is -0.115. The minimum Gasteiger partial charge on any atom is -0.495 e. The maximum atomic E-state index is 12.2. The molecule has 1 N–H and O–H groups in total. The van der Waals surface area contributed by atoms with Crippen LogP contribution in [-0.2, 0) is 4.79 Å². The van der Waals surface area contributed by atoms with Crippen LogP contribution in [0.2, 0.25) is 5.02 Å². The van der Waals surface area contributed by atoms with Gasteiger partial charge in [0.05, 0.1) is 18.0 Å². The fourth-order valence-electron chi connectivity index (χ4n) is 1.57. The lowest BCUT2D eigenvalue weighted by atomic mass is 10.3. The van der Waals surface area contributed by atoms with Crippen molar-refractivity contribution in [3.8, 4) is 5.75 Å². The summed E-state index contributed by atoms with van der Waals surface area (Å²) in [5.74, 6) is 0.383. The van der Waals surface area contributed by atoms with Gasteiger partial charge in [-0.2, -0.15) is 0 Å². The molecular formula is C14H14ClN3O2S. The zero-order chi connectivity index (χ0) is 15.2. The third-order valence-corrected chi connectivity index (χ3v) is 3.84. The van der Waals surface area contributed by atoms with Crippen molar-refractivity contribution in [1.82, 2.24) is 9.97 Å². The fourth-order valence-corrected chi connectivity index (χ4v) is 2.47. The van der Waals surface area contributed by atoms with Crippen molar-refractivity contribution >= 4 is 35.0 Å². The molecule has 0 unspecified atom stereocenters. The molecule has 1 aromatic heterocycles. The number of rotatable bonds is 5. The minimum absolute atomic E-state index is 0.173. The predicted molar refractivity (Wildman–Crippen MR) is 84.0 cm³/mol. The monoisotopic (exact) mass is 323 g/mol. The molecule has 1 atom stereocenters. The first-order valence-corrected chi connectivity index (χ1v) is 7.44. The highest BCUT2D eigenvalue weighted by Crippen LogP contribution is 2.29. The summed E-state index contributed by atoms with van der Waals surface area (Å²) in [5, 5.41) is 3.53. The number of hydrogen-bond acceptors (Lipinski definition) is 5. The summed E-state index contributed by atoms with van der Waals surface area (Å²) < 4.78 is 5.19. The van der Waals surface area contributed by atoms with Crippen molar-refractivity contribution in [2.75, 3.05) is 12.4 Å². The molecule has 7 heteroatoms. The summed E-state index contributed by atoms with van der Waals surface area (Å²) in [6.45, 7) is 1.79. The molecular weight excluding hydrogens is 310 g/mol. The number of carbonyl (C=O) groups is 1. The Morgan fingerprint density at radius 3 is 2.76 bits per heavy atom. The van der Waals surface area contributed by atoms with Crippen LogP contribution in [0.4, 0.5) is 5.69 Å². The lowest BCUT2D eigenvalue weighted by Gasteiger charge is -2.13. The van der Waals surface area contributed by atoms with Crippen molar-refractivity contribution in [2.24, 2.45) is 0 Å². The van der Waals surface area contributed by atoms with E-state index in [2.05, 4.69) is 15.3 Å². The number of carbonyl (C=O) groups excluding carboxylic acids is 1. The molecule has 1 amide bonds. The Labute approximate surface area is 132 Å². The van der Waals surface area contributed by atoms with Gasteiger partial charge in [-0.05, 0) is 31.2 Å². The topological polar surface area (TPSA) is 64.1 Å². The molecule has 0 bridgehead atoms. The Balaban J connectivity index is 2.05. The Kier molecular flexibility index (Phi) is 5.41. The predicted octanol–water partition coefficient (Wildman–Crippen LogP) is 3.26. The second-order valence-electron chi connectivity index (χ2n) is 4.13. The number of halogens is 1. The SMILES string of the molecule is COc1ccc(Cl)cc1NC(=O)[C@H](C)Sc1ncccn1. The van der Waals surface area contributed by atoms with Gasteiger partial charge in [0.1, 0.15) is 5.75 Å². The van der Waals surface area contributed by atoms with E-state index < -0.39 is 0 Å². The summed E-state index contributed by atoms with van der Waals surface area (Å²) in [5.41, 5.74) is 0.538. The van der Waals surface area contributed by atoms with Gasteiger partial charge in [0.2, 0.25) is 5.91 Å². The lowest BCUT2D eigenvalue weighted by Crippen LogP contribution is -2.23. The van der Waals surface area contributed by atoms with Crippen molar-refractivity contribution in [1.29, 1.82) is 0 Å². The van der Waals surface area contributed by atoms with E-state index in [9.17, 15) is 4.79 Å². The van der Waals surface area contributed by atoms with E-state index in [1.165, 1.54) is 18.9 Å². The van der Waals surface area contributed by atoms with Gasteiger partial charge in [0.25, 0.3) is 0 Å². The minimum atomic E-state index is -0.351. The standard InChI is InChI=1S/C14H14ClN3O2S/c1-9(21-14-16-6-3-7-17-14)13(19)18-11-8-10(15)4-5-12(11)20-2/h3-9H,1-2H3,(H,18,19)/t9-/m0/s1. The molecule has 0 spiro atoms. The molecule has 1 aromatic carbocycles. The van der Waals surface area contributed by atoms with Crippen molar-refractivity contribution in [3.63, 3.8) is 0 Å². The van der Waals surface area contributed by atoms with Gasteiger partial charge in [-0.25, -0.2) is 9.97 Å². The van der Waals surface area contributed by atoms with Crippen LogP contribution in [0.15, 0.2) is 41.8 Å². The third kappa shape index (κ3) is 4.34. The fraction of sp³-hybridized carbons (Fsp3) is 0.214. The normalized spacial score (nSPS) is 11.8. The van der Waals surface area contributed by atoms with Crippen molar-refractivity contribution < 1.29 is 9.53 Å². The van der Waals surface area contributed by atoms with Crippen LogP contribution in [0, 0.1) is 0 Å². The van der Waals surface area contributed by atoms with E-state index >= 15 is 0 Å². The summed E-state index contributed by atoms with van der Waals surface area (Å²) in [6.07, 6.45) is 3.28. The zero-order valence-electron chi connectivity index (χ0n) is 11.5. The second-order valence-corrected chi connectivity index (χ2v) is 5.87. The first-order chi connectivity index (χ1) is 10.1. The number of anilines is 1. The highest BCUT2D eigenvalue weighted by atomic mass is 35.5. The van der Waals surface area contributed by atoms with Gasteiger partial charge < -0.3 is 10.1 Å². The molecule has 0 saturated carbocycles. The van der Waals surface area contributed by atoms with Gasteiger partial charge >= 0.3 is 0 Å². The Hall–Kier alpha value is -1.79. The average molecular weight is 324 g/mol. The van der Waals surface area contributed by atoms with Gasteiger partial charge in [0.15, 0.2) is 5.16 Å². The van der Waals surface area contributed by atoms with E-state index in [1.54, 1.807) is 43.6 Å². The number of amides is 1. The first kappa shape index (κ1) is 15.6. The molecule has 1 heterocycles. The maximum absolute atomic E-state index is 12.2. The zero-order valence-corrected chi connectivity index (χ0v) is 13.1. The molecule has 0 aliphatic heterocycles. The van der Waals surface area contributed by atoms with E-state index in [0.29, 0.717) is 21.6 Å². The van der Waals surface area contributed by atoms with E-state index in [4.69, 9.17) is 16.3 Å². The van der Waals surface area contributed by atoms with E-state index in [-0.39, 0.29) is 11.2 Å². The number of methoxy groups -OCH3 is 1. The molecule has 21 heavy (non-hydrogen) atoms. The Morgan fingerprint density at radius 1 is 1.38 bits per heavy atom. The van der Waals surface area contributed by atoms with Crippen LogP contribution in [0.5, 0.6) is 5.75 Å². The first-order valence-electron chi connectivity index (χ1n) is 6.18. The largest absolute Gasteiger partial charge is 0.495 e. The average Bonchev–Trinajstić information content (AvgIpc) is 2.48. The van der Waals surface area contributed by atoms with Crippen LogP contribution in [0.25, 0.3) is 0 Å². The Bertz CT molecular complexity index is 625. The number of hydrogen-bond donors (Lipinski definition) is 1. The van der Waals surface area contributed by atoms with Crippen LogP contribution < -0.4 is 10.1 Å². The maximum Gasteiger partial charge on any atom is 0.237 e. The van der Waals surface area contributed by atoms with Crippen molar-refractivity contribution in [2.45, 2.75) is 17.3 Å². The second kappa shape index (κ2) is 7.28. The highest BCUT2D eigenvalue weighted by Gasteiger charge is 2.17. The summed E-state index contributed by atoms with van der Waals surface area (Å²) in [6, 6.07) is 6.78. The number of nitrogens with zero attached hydrogens (tertiary/aromatic N) is 2. The van der Waals surface area contributed by atoms with Gasteiger partial charge in [-0.15, -0.1) is 0 Å². The van der Waals surface area contributed by atoms with Crippen LogP contribution >= 0.6 is 23.4 Å². The molecule has 0 aliphatic rings. The smallest absolute Gasteiger partial charge is 0.237 e. The van der Waals surface area contributed by atoms with E-state index in [0.717, 1.165) is 0 Å². The molecule has 0 aliphatic carbocycles.